The number of fused-ring (bicyclic) bond motifs is 1. The van der Waals surface area contributed by atoms with Gasteiger partial charge in [-0.2, -0.15) is 0 Å². The van der Waals surface area contributed by atoms with Crippen LogP contribution in [0.5, 0.6) is 11.5 Å². The highest BCUT2D eigenvalue weighted by atomic mass is 16.6. The molecule has 3 aromatic carbocycles. The molecule has 0 bridgehead atoms. The van der Waals surface area contributed by atoms with Gasteiger partial charge in [0.1, 0.15) is 11.5 Å². The van der Waals surface area contributed by atoms with Gasteiger partial charge in [-0.15, -0.1) is 0 Å². The summed E-state index contributed by atoms with van der Waals surface area (Å²) in [7, 11) is 0. The van der Waals surface area contributed by atoms with Crippen molar-refractivity contribution in [3.8, 4) is 11.5 Å². The lowest BCUT2D eigenvalue weighted by Crippen LogP contribution is -2.32. The SMILES string of the molecule is Cc1cc(C)c(C2(c3c(C)cc(C)cc3O)OC(=O)c3ccc(C(=O)O)cc32)c(O)c1. The van der Waals surface area contributed by atoms with E-state index in [1.165, 1.54) is 18.2 Å². The number of ether oxygens (including phenoxy) is 1. The van der Waals surface area contributed by atoms with Crippen LogP contribution < -0.4 is 0 Å². The van der Waals surface area contributed by atoms with Gasteiger partial charge in [0.15, 0.2) is 5.60 Å². The van der Waals surface area contributed by atoms with Gasteiger partial charge < -0.3 is 20.1 Å². The quantitative estimate of drug-likeness (QED) is 0.542. The third kappa shape index (κ3) is 2.94. The lowest BCUT2D eigenvalue weighted by Gasteiger charge is -2.34. The summed E-state index contributed by atoms with van der Waals surface area (Å²) in [4.78, 5) is 24.7. The van der Waals surface area contributed by atoms with Crippen molar-refractivity contribution < 1.29 is 29.6 Å². The first-order valence-corrected chi connectivity index (χ1v) is 9.78. The van der Waals surface area contributed by atoms with E-state index in [1.807, 2.05) is 26.0 Å². The maximum absolute atomic E-state index is 13.0. The molecular formula is C25H22O6. The largest absolute Gasteiger partial charge is 0.507 e. The Morgan fingerprint density at radius 3 is 1.81 bits per heavy atom. The van der Waals surface area contributed by atoms with E-state index in [0.717, 1.165) is 11.1 Å². The molecule has 0 saturated heterocycles. The van der Waals surface area contributed by atoms with Crippen molar-refractivity contribution in [2.24, 2.45) is 0 Å². The van der Waals surface area contributed by atoms with E-state index in [0.29, 0.717) is 11.1 Å². The fourth-order valence-electron chi connectivity index (χ4n) is 4.70. The number of carboxylic acid groups (broad SMARTS) is 1. The highest BCUT2D eigenvalue weighted by Gasteiger charge is 2.53. The van der Waals surface area contributed by atoms with E-state index in [4.69, 9.17) is 4.74 Å². The summed E-state index contributed by atoms with van der Waals surface area (Å²) in [6.45, 7) is 7.21. The maximum atomic E-state index is 13.0. The van der Waals surface area contributed by atoms with E-state index >= 15 is 0 Å². The first kappa shape index (κ1) is 20.5. The van der Waals surface area contributed by atoms with Crippen LogP contribution in [0.3, 0.4) is 0 Å². The van der Waals surface area contributed by atoms with E-state index in [9.17, 15) is 24.9 Å². The number of phenols is 2. The number of aryl methyl sites for hydroxylation is 4. The third-order valence-electron chi connectivity index (χ3n) is 5.73. The molecule has 6 nitrogen and oxygen atoms in total. The summed E-state index contributed by atoms with van der Waals surface area (Å²) in [6.07, 6.45) is 0. The van der Waals surface area contributed by atoms with Gasteiger partial charge in [0.25, 0.3) is 0 Å². The van der Waals surface area contributed by atoms with E-state index < -0.39 is 17.5 Å². The number of phenolic OH excluding ortho intramolecular Hbond substituents is 2. The first-order valence-electron chi connectivity index (χ1n) is 9.78. The topological polar surface area (TPSA) is 104 Å². The zero-order valence-electron chi connectivity index (χ0n) is 17.6. The molecule has 1 aliphatic heterocycles. The van der Waals surface area contributed by atoms with Crippen LogP contribution in [0.25, 0.3) is 0 Å². The van der Waals surface area contributed by atoms with Crippen molar-refractivity contribution in [1.82, 2.24) is 0 Å². The number of aromatic hydroxyl groups is 2. The van der Waals surface area contributed by atoms with Gasteiger partial charge in [-0.1, -0.05) is 12.1 Å². The summed E-state index contributed by atoms with van der Waals surface area (Å²) in [6, 6.07) is 10.9. The molecule has 0 aromatic heterocycles. The zero-order chi connectivity index (χ0) is 22.7. The molecule has 0 amide bonds. The minimum absolute atomic E-state index is 0.0325. The Labute approximate surface area is 179 Å². The van der Waals surface area contributed by atoms with Crippen LogP contribution in [0.15, 0.2) is 42.5 Å². The molecule has 0 radical (unpaired) electrons. The molecule has 1 aliphatic rings. The summed E-state index contributed by atoms with van der Waals surface area (Å²) >= 11 is 0. The van der Waals surface area contributed by atoms with Crippen molar-refractivity contribution in [3.63, 3.8) is 0 Å². The Morgan fingerprint density at radius 1 is 0.839 bits per heavy atom. The summed E-state index contributed by atoms with van der Waals surface area (Å²) in [5, 5.41) is 31.6. The monoisotopic (exact) mass is 418 g/mol. The predicted molar refractivity (Wildman–Crippen MR) is 114 cm³/mol. The molecule has 6 heteroatoms. The number of carbonyl (C=O) groups excluding carboxylic acids is 1. The van der Waals surface area contributed by atoms with Gasteiger partial charge in [-0.25, -0.2) is 9.59 Å². The standard InChI is InChI=1S/C25H22O6/c1-12-7-14(3)21(19(26)9-12)25(22-15(4)8-13(2)10-20(22)27)18-11-16(23(28)29)5-6-17(18)24(30)31-25/h5-11,26-27H,1-4H3,(H,28,29). The second-order valence-electron chi connectivity index (χ2n) is 8.09. The molecule has 4 rings (SSSR count). The van der Waals surface area contributed by atoms with Crippen molar-refractivity contribution in [1.29, 1.82) is 0 Å². The van der Waals surface area contributed by atoms with Gasteiger partial charge in [0.2, 0.25) is 0 Å². The Hall–Kier alpha value is -3.80. The van der Waals surface area contributed by atoms with Crippen molar-refractivity contribution in [2.45, 2.75) is 33.3 Å². The number of aromatic carboxylic acids is 1. The van der Waals surface area contributed by atoms with Crippen LogP contribution in [0.2, 0.25) is 0 Å². The van der Waals surface area contributed by atoms with Crippen molar-refractivity contribution in [3.05, 3.63) is 92.5 Å². The molecule has 158 valence electrons. The predicted octanol–water partition coefficient (Wildman–Crippen LogP) is 4.49. The number of cyclic esters (lactones) is 1. The van der Waals surface area contributed by atoms with Crippen LogP contribution in [0.1, 0.15) is 59.7 Å². The summed E-state index contributed by atoms with van der Waals surface area (Å²) in [5.41, 5.74) is 2.17. The van der Waals surface area contributed by atoms with Gasteiger partial charge in [-0.3, -0.25) is 0 Å². The second kappa shape index (κ2) is 6.87. The maximum Gasteiger partial charge on any atom is 0.340 e. The number of carboxylic acids is 1. The molecule has 0 atom stereocenters. The van der Waals surface area contributed by atoms with Crippen molar-refractivity contribution in [2.75, 3.05) is 0 Å². The van der Waals surface area contributed by atoms with E-state index in [2.05, 4.69) is 0 Å². The van der Waals surface area contributed by atoms with Gasteiger partial charge in [0.05, 0.1) is 11.1 Å². The average molecular weight is 418 g/mol. The smallest absolute Gasteiger partial charge is 0.340 e. The van der Waals surface area contributed by atoms with Crippen molar-refractivity contribution >= 4 is 11.9 Å². The normalized spacial score (nSPS) is 14.3. The number of rotatable bonds is 3. The first-order chi connectivity index (χ1) is 14.6. The lowest BCUT2D eigenvalue weighted by molar-refractivity contribution is 0.0236. The number of hydrogen-bond donors (Lipinski definition) is 3. The Morgan fingerprint density at radius 2 is 1.35 bits per heavy atom. The molecule has 31 heavy (non-hydrogen) atoms. The average Bonchev–Trinajstić information content (AvgIpc) is 2.92. The van der Waals surface area contributed by atoms with Gasteiger partial charge >= 0.3 is 11.9 Å². The fraction of sp³-hybridized carbons (Fsp3) is 0.200. The molecule has 3 N–H and O–H groups in total. The number of hydrogen-bond acceptors (Lipinski definition) is 5. The zero-order valence-corrected chi connectivity index (χ0v) is 17.6. The third-order valence-corrected chi connectivity index (χ3v) is 5.73. The second-order valence-corrected chi connectivity index (χ2v) is 8.09. The minimum atomic E-state index is -1.71. The molecule has 0 unspecified atom stereocenters. The van der Waals surface area contributed by atoms with Crippen LogP contribution in [0, 0.1) is 27.7 Å². The van der Waals surface area contributed by atoms with Crippen LogP contribution in [0.4, 0.5) is 0 Å². The summed E-state index contributed by atoms with van der Waals surface area (Å²) in [5.74, 6) is -2.05. The van der Waals surface area contributed by atoms with Gasteiger partial charge in [0, 0.05) is 16.7 Å². The van der Waals surface area contributed by atoms with E-state index in [1.54, 1.807) is 26.0 Å². The summed E-state index contributed by atoms with van der Waals surface area (Å²) < 4.78 is 5.98. The Kier molecular flexibility index (Phi) is 4.54. The molecule has 1 heterocycles. The molecule has 0 fully saturated rings. The highest BCUT2D eigenvalue weighted by molar-refractivity contribution is 5.99. The Bertz CT molecular complexity index is 1170. The Balaban J connectivity index is 2.22. The number of benzene rings is 3. The molecule has 0 saturated carbocycles. The lowest BCUT2D eigenvalue weighted by atomic mass is 9.75. The number of carbonyl (C=O) groups is 2. The molecule has 0 spiro atoms. The molecular weight excluding hydrogens is 396 g/mol. The van der Waals surface area contributed by atoms with Gasteiger partial charge in [-0.05, 0) is 80.3 Å². The highest BCUT2D eigenvalue weighted by Crippen LogP contribution is 2.54. The van der Waals surface area contributed by atoms with Crippen LogP contribution in [-0.2, 0) is 10.3 Å². The number of esters is 1. The molecule has 3 aromatic rings. The van der Waals surface area contributed by atoms with Crippen LogP contribution >= 0.6 is 0 Å². The molecule has 0 aliphatic carbocycles. The minimum Gasteiger partial charge on any atom is -0.507 e. The van der Waals surface area contributed by atoms with E-state index in [-0.39, 0.29) is 39.3 Å². The fourth-order valence-corrected chi connectivity index (χ4v) is 4.70. The van der Waals surface area contributed by atoms with Crippen LogP contribution in [-0.4, -0.2) is 27.3 Å².